The van der Waals surface area contributed by atoms with Gasteiger partial charge in [0.25, 0.3) is 5.91 Å². The Labute approximate surface area is 135 Å². The van der Waals surface area contributed by atoms with Crippen LogP contribution in [0.3, 0.4) is 0 Å². The fourth-order valence-corrected chi connectivity index (χ4v) is 2.18. The number of nitrogens with one attached hydrogen (secondary N) is 1. The smallest absolute Gasteiger partial charge is 0.328 e. The van der Waals surface area contributed by atoms with Crippen molar-refractivity contribution in [1.82, 2.24) is 20.3 Å². The third kappa shape index (κ3) is 3.16. The zero-order valence-corrected chi connectivity index (χ0v) is 13.9. The van der Waals surface area contributed by atoms with E-state index in [9.17, 15) is 9.59 Å². The van der Waals surface area contributed by atoms with Crippen molar-refractivity contribution < 1.29 is 14.7 Å². The fraction of sp³-hybridized carbons (Fsp3) is 0.286. The second-order valence-electron chi connectivity index (χ2n) is 5.30. The van der Waals surface area contributed by atoms with Gasteiger partial charge in [-0.3, -0.25) is 4.79 Å². The number of amides is 1. The Morgan fingerprint density at radius 3 is 2.64 bits per heavy atom. The Hall–Kier alpha value is -2.22. The largest absolute Gasteiger partial charge is 0.480 e. The summed E-state index contributed by atoms with van der Waals surface area (Å²) in [5.41, 5.74) is -0.0229. The monoisotopic (exact) mass is 366 g/mol. The van der Waals surface area contributed by atoms with E-state index in [0.29, 0.717) is 5.69 Å². The van der Waals surface area contributed by atoms with Gasteiger partial charge in [-0.1, -0.05) is 27.2 Å². The van der Waals surface area contributed by atoms with E-state index in [0.717, 1.165) is 10.2 Å². The van der Waals surface area contributed by atoms with E-state index in [1.165, 1.54) is 18.5 Å². The summed E-state index contributed by atoms with van der Waals surface area (Å²) in [5.74, 6) is -1.70. The molecular weight excluding hydrogens is 352 g/mol. The van der Waals surface area contributed by atoms with Crippen LogP contribution in [-0.4, -0.2) is 37.5 Å². The van der Waals surface area contributed by atoms with Crippen molar-refractivity contribution in [2.45, 2.75) is 26.3 Å². The van der Waals surface area contributed by atoms with Gasteiger partial charge in [0.15, 0.2) is 5.69 Å². The number of carboxylic acid groups (broad SMARTS) is 1. The first kappa shape index (κ1) is 16.2. The molecule has 0 aliphatic heterocycles. The number of hydrogen-bond donors (Lipinski definition) is 2. The molecule has 0 atom stereocenters. The lowest BCUT2D eigenvalue weighted by Gasteiger charge is -2.20. The van der Waals surface area contributed by atoms with Crippen LogP contribution in [0.2, 0.25) is 0 Å². The van der Waals surface area contributed by atoms with Crippen LogP contribution < -0.4 is 5.32 Å². The number of nitrogens with zero attached hydrogens (tertiary/aromatic N) is 3. The summed E-state index contributed by atoms with van der Waals surface area (Å²) < 4.78 is 2.39. The Bertz CT molecular complexity index is 739. The van der Waals surface area contributed by atoms with E-state index in [-0.39, 0.29) is 5.69 Å². The quantitative estimate of drug-likeness (QED) is 0.861. The molecule has 0 aliphatic carbocycles. The van der Waals surface area contributed by atoms with Crippen LogP contribution in [0.1, 0.15) is 30.0 Å². The van der Waals surface area contributed by atoms with Gasteiger partial charge in [-0.15, -0.1) is 5.10 Å². The second-order valence-corrected chi connectivity index (χ2v) is 6.22. The lowest BCUT2D eigenvalue weighted by molar-refractivity contribution is -0.143. The molecule has 0 spiro atoms. The normalized spacial score (nSPS) is 11.3. The highest BCUT2D eigenvalue weighted by molar-refractivity contribution is 9.10. The number of aromatic nitrogens is 3. The summed E-state index contributed by atoms with van der Waals surface area (Å²) in [5, 5.41) is 19.3. The van der Waals surface area contributed by atoms with Gasteiger partial charge in [-0.2, -0.15) is 0 Å². The predicted molar refractivity (Wildman–Crippen MR) is 83.0 cm³/mol. The molecule has 1 amide bonds. The lowest BCUT2D eigenvalue weighted by atomic mass is 10.1. The molecule has 2 rings (SSSR count). The van der Waals surface area contributed by atoms with Gasteiger partial charge in [-0.05, 0) is 39.0 Å². The number of carbonyl (C=O) groups is 2. The summed E-state index contributed by atoms with van der Waals surface area (Å²) in [6, 6.07) is 7.38. The molecular formula is C14H15BrN4O3. The molecule has 0 unspecified atom stereocenters. The molecule has 1 aromatic heterocycles. The molecule has 0 aliphatic rings. The van der Waals surface area contributed by atoms with Crippen molar-refractivity contribution in [3.05, 3.63) is 40.1 Å². The van der Waals surface area contributed by atoms with Crippen LogP contribution in [0, 0.1) is 6.92 Å². The molecule has 116 valence electrons. The zero-order chi connectivity index (χ0) is 16.5. The van der Waals surface area contributed by atoms with E-state index >= 15 is 0 Å². The van der Waals surface area contributed by atoms with E-state index in [1.807, 2.05) is 24.3 Å². The van der Waals surface area contributed by atoms with Crippen molar-refractivity contribution in [3.63, 3.8) is 0 Å². The van der Waals surface area contributed by atoms with Crippen LogP contribution in [0.5, 0.6) is 0 Å². The molecule has 0 fully saturated rings. The van der Waals surface area contributed by atoms with Crippen LogP contribution >= 0.6 is 15.9 Å². The fourth-order valence-electron chi connectivity index (χ4n) is 1.79. The number of carbonyl (C=O) groups excluding carboxylic acids is 1. The number of halogens is 1. The summed E-state index contributed by atoms with van der Waals surface area (Å²) in [4.78, 5) is 23.3. The van der Waals surface area contributed by atoms with Crippen LogP contribution in [0.25, 0.3) is 5.69 Å². The average molecular weight is 367 g/mol. The summed E-state index contributed by atoms with van der Waals surface area (Å²) in [6.45, 7) is 4.51. The first-order valence-electron chi connectivity index (χ1n) is 6.46. The molecule has 2 aromatic rings. The SMILES string of the molecule is Cc1c(C(=O)NC(C)(C)C(=O)O)nnn1-c1cccc(Br)c1. The molecule has 2 N–H and O–H groups in total. The third-order valence-corrected chi connectivity index (χ3v) is 3.62. The maximum absolute atomic E-state index is 12.2. The first-order chi connectivity index (χ1) is 10.2. The molecule has 8 heteroatoms. The minimum atomic E-state index is -1.39. The molecule has 1 heterocycles. The second kappa shape index (κ2) is 5.88. The lowest BCUT2D eigenvalue weighted by Crippen LogP contribution is -2.49. The van der Waals surface area contributed by atoms with Gasteiger partial charge in [0.2, 0.25) is 0 Å². The van der Waals surface area contributed by atoms with Crippen molar-refractivity contribution >= 4 is 27.8 Å². The van der Waals surface area contributed by atoms with Gasteiger partial charge >= 0.3 is 5.97 Å². The van der Waals surface area contributed by atoms with Crippen molar-refractivity contribution in [2.75, 3.05) is 0 Å². The van der Waals surface area contributed by atoms with E-state index in [1.54, 1.807) is 6.92 Å². The van der Waals surface area contributed by atoms with Gasteiger partial charge in [0.1, 0.15) is 5.54 Å². The summed E-state index contributed by atoms with van der Waals surface area (Å²) in [7, 11) is 0. The maximum atomic E-state index is 12.2. The molecule has 0 radical (unpaired) electrons. The topological polar surface area (TPSA) is 97.1 Å². The standard InChI is InChI=1S/C14H15BrN4O3/c1-8-11(12(20)16-14(2,3)13(21)22)17-18-19(8)10-6-4-5-9(15)7-10/h4-7H,1-3H3,(H,16,20)(H,21,22). The number of carboxylic acids is 1. The van der Waals surface area contributed by atoms with Gasteiger partial charge < -0.3 is 10.4 Å². The number of aliphatic carboxylic acids is 1. The number of hydrogen-bond acceptors (Lipinski definition) is 4. The predicted octanol–water partition coefficient (Wildman–Crippen LogP) is 1.93. The van der Waals surface area contributed by atoms with Crippen LogP contribution in [0.15, 0.2) is 28.7 Å². The summed E-state index contributed by atoms with van der Waals surface area (Å²) >= 11 is 3.37. The van der Waals surface area contributed by atoms with E-state index in [4.69, 9.17) is 5.11 Å². The van der Waals surface area contributed by atoms with Crippen LogP contribution in [-0.2, 0) is 4.79 Å². The van der Waals surface area contributed by atoms with E-state index < -0.39 is 17.4 Å². The highest BCUT2D eigenvalue weighted by Crippen LogP contribution is 2.17. The van der Waals surface area contributed by atoms with Gasteiger partial charge in [-0.25, -0.2) is 9.48 Å². The highest BCUT2D eigenvalue weighted by atomic mass is 79.9. The minimum Gasteiger partial charge on any atom is -0.480 e. The average Bonchev–Trinajstić information content (AvgIpc) is 2.80. The van der Waals surface area contributed by atoms with Gasteiger partial charge in [0.05, 0.1) is 11.4 Å². The van der Waals surface area contributed by atoms with Crippen molar-refractivity contribution in [2.24, 2.45) is 0 Å². The van der Waals surface area contributed by atoms with Crippen LogP contribution in [0.4, 0.5) is 0 Å². The number of rotatable bonds is 4. The highest BCUT2D eigenvalue weighted by Gasteiger charge is 2.31. The molecule has 7 nitrogen and oxygen atoms in total. The zero-order valence-electron chi connectivity index (χ0n) is 12.3. The molecule has 1 aromatic carbocycles. The molecule has 0 saturated carbocycles. The Kier molecular flexibility index (Phi) is 4.32. The maximum Gasteiger partial charge on any atom is 0.328 e. The summed E-state index contributed by atoms with van der Waals surface area (Å²) in [6.07, 6.45) is 0. The van der Waals surface area contributed by atoms with Crippen molar-refractivity contribution in [3.8, 4) is 5.69 Å². The number of benzene rings is 1. The Morgan fingerprint density at radius 1 is 1.36 bits per heavy atom. The van der Waals surface area contributed by atoms with Gasteiger partial charge in [0, 0.05) is 4.47 Å². The molecule has 0 saturated heterocycles. The Balaban J connectivity index is 2.32. The van der Waals surface area contributed by atoms with Crippen molar-refractivity contribution in [1.29, 1.82) is 0 Å². The Morgan fingerprint density at radius 2 is 2.05 bits per heavy atom. The minimum absolute atomic E-state index is 0.0919. The molecule has 0 bridgehead atoms. The first-order valence-corrected chi connectivity index (χ1v) is 7.26. The van der Waals surface area contributed by atoms with E-state index in [2.05, 4.69) is 31.6 Å². The third-order valence-electron chi connectivity index (χ3n) is 3.12. The molecule has 22 heavy (non-hydrogen) atoms.